The lowest BCUT2D eigenvalue weighted by Crippen LogP contribution is -3.14. The van der Waals surface area contributed by atoms with Gasteiger partial charge in [-0.2, -0.15) is 5.10 Å². The Bertz CT molecular complexity index is 1070. The van der Waals surface area contributed by atoms with E-state index < -0.39 is 5.97 Å². The standard InChI is InChI=1S/C25H23N3O2/c29-25(30)19-8-2-1-7-18(19)17-26-28-15-13-27(14-16-28)24-22-11-5-3-9-20(22)21-10-4-6-12-23(21)24/h1-12,17,24H,13-16H2,(H,29,30)/b26-17-. The molecule has 1 aliphatic carbocycles. The highest BCUT2D eigenvalue weighted by molar-refractivity contribution is 5.97. The molecule has 5 heteroatoms. The number of quaternary nitrogens is 1. The van der Waals surface area contributed by atoms with Crippen molar-refractivity contribution in [1.29, 1.82) is 0 Å². The van der Waals surface area contributed by atoms with Crippen LogP contribution in [-0.4, -0.2) is 43.4 Å². The number of hydrazone groups is 1. The lowest BCUT2D eigenvalue weighted by atomic mass is 10.0. The van der Waals surface area contributed by atoms with E-state index in [1.165, 1.54) is 22.3 Å². The van der Waals surface area contributed by atoms with Crippen molar-refractivity contribution in [3.8, 4) is 11.1 Å². The van der Waals surface area contributed by atoms with Crippen LogP contribution in [0.1, 0.15) is 33.1 Å². The number of piperazine rings is 1. The number of hydrogen-bond donors (Lipinski definition) is 1. The van der Waals surface area contributed by atoms with Gasteiger partial charge in [0.05, 0.1) is 38.4 Å². The molecule has 0 atom stereocenters. The molecule has 5 rings (SSSR count). The van der Waals surface area contributed by atoms with Crippen LogP contribution in [0.4, 0.5) is 0 Å². The predicted molar refractivity (Wildman–Crippen MR) is 114 cm³/mol. The lowest BCUT2D eigenvalue weighted by Gasteiger charge is -2.34. The first-order valence-corrected chi connectivity index (χ1v) is 10.3. The van der Waals surface area contributed by atoms with Gasteiger partial charge in [0, 0.05) is 22.3 Å². The minimum atomic E-state index is -1.18. The number of fused-ring (bicyclic) bond motifs is 3. The SMILES string of the molecule is O=C([O-])c1ccccc1/C=N\N1CC[NH+](C2c3ccccc3-c3ccccc32)CC1. The van der Waals surface area contributed by atoms with Gasteiger partial charge in [0.15, 0.2) is 0 Å². The highest BCUT2D eigenvalue weighted by Crippen LogP contribution is 2.41. The molecule has 0 amide bonds. The highest BCUT2D eigenvalue weighted by atomic mass is 16.4. The minimum Gasteiger partial charge on any atom is -0.545 e. The van der Waals surface area contributed by atoms with E-state index in [1.54, 1.807) is 29.3 Å². The number of rotatable bonds is 4. The molecule has 1 heterocycles. The van der Waals surface area contributed by atoms with E-state index in [2.05, 4.69) is 53.6 Å². The fraction of sp³-hybridized carbons (Fsp3) is 0.200. The maximum atomic E-state index is 11.3. The molecule has 5 nitrogen and oxygen atoms in total. The van der Waals surface area contributed by atoms with Crippen LogP contribution >= 0.6 is 0 Å². The number of benzene rings is 3. The number of carbonyl (C=O) groups excluding carboxylic acids is 1. The summed E-state index contributed by atoms with van der Waals surface area (Å²) in [5.74, 6) is -1.18. The van der Waals surface area contributed by atoms with Gasteiger partial charge in [-0.15, -0.1) is 0 Å². The summed E-state index contributed by atoms with van der Waals surface area (Å²) in [7, 11) is 0. The zero-order valence-electron chi connectivity index (χ0n) is 16.6. The zero-order valence-corrected chi connectivity index (χ0v) is 16.6. The smallest absolute Gasteiger partial charge is 0.140 e. The maximum absolute atomic E-state index is 11.3. The summed E-state index contributed by atoms with van der Waals surface area (Å²) in [5.41, 5.74) is 6.27. The third-order valence-corrected chi connectivity index (χ3v) is 6.16. The van der Waals surface area contributed by atoms with Crippen molar-refractivity contribution in [1.82, 2.24) is 5.01 Å². The number of nitrogens with one attached hydrogen (secondary N) is 1. The molecule has 1 N–H and O–H groups in total. The predicted octanol–water partition coefficient (Wildman–Crippen LogP) is 1.35. The first kappa shape index (κ1) is 18.6. The number of hydrogen-bond acceptors (Lipinski definition) is 4. The van der Waals surface area contributed by atoms with Gasteiger partial charge in [-0.1, -0.05) is 72.8 Å². The average molecular weight is 397 g/mol. The second-order valence-corrected chi connectivity index (χ2v) is 7.84. The molecular weight excluding hydrogens is 374 g/mol. The average Bonchev–Trinajstić information content (AvgIpc) is 3.13. The highest BCUT2D eigenvalue weighted by Gasteiger charge is 2.37. The monoisotopic (exact) mass is 397 g/mol. The van der Waals surface area contributed by atoms with Crippen molar-refractivity contribution in [2.45, 2.75) is 6.04 Å². The van der Waals surface area contributed by atoms with Crippen LogP contribution in [0.2, 0.25) is 0 Å². The van der Waals surface area contributed by atoms with Gasteiger partial charge in [-0.3, -0.25) is 5.01 Å². The fourth-order valence-electron chi connectivity index (χ4n) is 4.72. The first-order chi connectivity index (χ1) is 14.7. The summed E-state index contributed by atoms with van der Waals surface area (Å²) >= 11 is 0. The van der Waals surface area contributed by atoms with Crippen molar-refractivity contribution in [3.05, 3.63) is 95.1 Å². The quantitative estimate of drug-likeness (QED) is 0.677. The van der Waals surface area contributed by atoms with Crippen molar-refractivity contribution in [2.24, 2.45) is 5.10 Å². The van der Waals surface area contributed by atoms with Crippen LogP contribution in [0.3, 0.4) is 0 Å². The zero-order chi connectivity index (χ0) is 20.5. The summed E-state index contributed by atoms with van der Waals surface area (Å²) in [6, 6.07) is 24.6. The van der Waals surface area contributed by atoms with E-state index in [4.69, 9.17) is 0 Å². The van der Waals surface area contributed by atoms with E-state index >= 15 is 0 Å². The van der Waals surface area contributed by atoms with Crippen molar-refractivity contribution in [2.75, 3.05) is 26.2 Å². The first-order valence-electron chi connectivity index (χ1n) is 10.3. The van der Waals surface area contributed by atoms with Crippen molar-refractivity contribution >= 4 is 12.2 Å². The molecule has 1 fully saturated rings. The molecule has 0 unspecified atom stereocenters. The van der Waals surface area contributed by atoms with E-state index in [-0.39, 0.29) is 5.56 Å². The Morgan fingerprint density at radius 1 is 0.900 bits per heavy atom. The maximum Gasteiger partial charge on any atom is 0.140 e. The topological polar surface area (TPSA) is 60.2 Å². The number of carbonyl (C=O) groups is 1. The van der Waals surface area contributed by atoms with Gasteiger partial charge in [0.1, 0.15) is 6.04 Å². The second-order valence-electron chi connectivity index (χ2n) is 7.84. The molecule has 0 spiro atoms. The number of aromatic carboxylic acids is 1. The lowest BCUT2D eigenvalue weighted by molar-refractivity contribution is -0.929. The molecule has 0 radical (unpaired) electrons. The summed E-state index contributed by atoms with van der Waals surface area (Å²) in [6.07, 6.45) is 1.64. The Labute approximate surface area is 175 Å². The molecule has 30 heavy (non-hydrogen) atoms. The molecule has 2 aliphatic rings. The molecule has 0 bridgehead atoms. The van der Waals surface area contributed by atoms with Gasteiger partial charge in [0.2, 0.25) is 0 Å². The second kappa shape index (κ2) is 7.76. The summed E-state index contributed by atoms with van der Waals surface area (Å²) in [6.45, 7) is 3.62. The summed E-state index contributed by atoms with van der Waals surface area (Å²) < 4.78 is 0. The van der Waals surface area contributed by atoms with Gasteiger partial charge >= 0.3 is 0 Å². The van der Waals surface area contributed by atoms with Crippen LogP contribution < -0.4 is 10.0 Å². The van der Waals surface area contributed by atoms with Gasteiger partial charge in [0.25, 0.3) is 0 Å². The van der Waals surface area contributed by atoms with Crippen LogP contribution in [0.5, 0.6) is 0 Å². The largest absolute Gasteiger partial charge is 0.545 e. The Hall–Kier alpha value is -3.44. The van der Waals surface area contributed by atoms with Crippen LogP contribution in [0.25, 0.3) is 11.1 Å². The fourth-order valence-corrected chi connectivity index (χ4v) is 4.72. The summed E-state index contributed by atoms with van der Waals surface area (Å²) in [5, 5.41) is 17.9. The van der Waals surface area contributed by atoms with Gasteiger partial charge in [-0.05, 0) is 11.1 Å². The Morgan fingerprint density at radius 2 is 1.47 bits per heavy atom. The van der Waals surface area contributed by atoms with E-state index in [1.807, 2.05) is 11.1 Å². The van der Waals surface area contributed by atoms with E-state index in [0.29, 0.717) is 11.6 Å². The van der Waals surface area contributed by atoms with Gasteiger partial charge in [-0.25, -0.2) is 0 Å². The molecule has 0 saturated carbocycles. The summed E-state index contributed by atoms with van der Waals surface area (Å²) in [4.78, 5) is 12.8. The van der Waals surface area contributed by atoms with E-state index in [0.717, 1.165) is 26.2 Å². The molecule has 0 aromatic heterocycles. The molecule has 1 aliphatic heterocycles. The van der Waals surface area contributed by atoms with Crippen molar-refractivity contribution < 1.29 is 14.8 Å². The molecule has 3 aromatic carbocycles. The normalized spacial score (nSPS) is 16.6. The van der Waals surface area contributed by atoms with Crippen LogP contribution in [-0.2, 0) is 0 Å². The van der Waals surface area contributed by atoms with Gasteiger partial charge < -0.3 is 14.8 Å². The third-order valence-electron chi connectivity index (χ3n) is 6.16. The number of carboxylic acids is 1. The van der Waals surface area contributed by atoms with Crippen molar-refractivity contribution in [3.63, 3.8) is 0 Å². The number of carboxylic acid groups (broad SMARTS) is 1. The van der Waals surface area contributed by atoms with Crippen LogP contribution in [0.15, 0.2) is 77.9 Å². The number of nitrogens with zero attached hydrogens (tertiary/aromatic N) is 2. The molecule has 3 aromatic rings. The molecular formula is C25H23N3O2. The third kappa shape index (κ3) is 3.27. The van der Waals surface area contributed by atoms with E-state index in [9.17, 15) is 9.90 Å². The van der Waals surface area contributed by atoms with Crippen LogP contribution in [0, 0.1) is 0 Å². The Kier molecular flexibility index (Phi) is 4.81. The Balaban J connectivity index is 1.32. The minimum absolute atomic E-state index is 0.171. The Morgan fingerprint density at radius 3 is 2.10 bits per heavy atom. The molecule has 1 saturated heterocycles. The molecule has 150 valence electrons.